The van der Waals surface area contributed by atoms with Gasteiger partial charge in [0.25, 0.3) is 11.8 Å². The Morgan fingerprint density at radius 1 is 1.31 bits per heavy atom. The number of aliphatic imine (C=N–C) groups is 2. The third-order valence-corrected chi connectivity index (χ3v) is 6.41. The second-order valence-corrected chi connectivity index (χ2v) is 8.44. The average Bonchev–Trinajstić information content (AvgIpc) is 3.01. The maximum atomic E-state index is 14.7. The van der Waals surface area contributed by atoms with Crippen LogP contribution in [0.5, 0.6) is 0 Å². The van der Waals surface area contributed by atoms with Crippen molar-refractivity contribution in [1.29, 1.82) is 0 Å². The summed E-state index contributed by atoms with van der Waals surface area (Å²) in [6.45, 7) is 7.27. The fourth-order valence-corrected chi connectivity index (χ4v) is 4.69. The molecule has 186 valence electrons. The third-order valence-electron chi connectivity index (χ3n) is 6.05. The number of benzene rings is 1. The normalized spacial score (nSPS) is 18.4. The van der Waals surface area contributed by atoms with E-state index in [1.807, 2.05) is 0 Å². The van der Waals surface area contributed by atoms with E-state index < -0.39 is 47.2 Å². The van der Waals surface area contributed by atoms with Crippen molar-refractivity contribution in [3.05, 3.63) is 52.6 Å². The smallest absolute Gasteiger partial charge is 0.355 e. The first-order valence-corrected chi connectivity index (χ1v) is 10.9. The molecule has 1 saturated heterocycles. The number of nitrogens with zero attached hydrogens (tertiary/aromatic N) is 4. The highest BCUT2D eigenvalue weighted by Crippen LogP contribution is 2.48. The minimum atomic E-state index is -4.81. The number of hydrogen-bond donors (Lipinski definition) is 1. The van der Waals surface area contributed by atoms with Crippen molar-refractivity contribution in [2.45, 2.75) is 37.9 Å². The van der Waals surface area contributed by atoms with Gasteiger partial charge in [0.1, 0.15) is 11.4 Å². The molecule has 1 aliphatic carbocycles. The van der Waals surface area contributed by atoms with Gasteiger partial charge in [0.05, 0.1) is 23.4 Å². The summed E-state index contributed by atoms with van der Waals surface area (Å²) >= 11 is 5.52. The van der Waals surface area contributed by atoms with E-state index in [1.165, 1.54) is 31.0 Å². The lowest BCUT2D eigenvalue weighted by molar-refractivity contribution is -0.131. The number of hydrogen-bond acceptors (Lipinski definition) is 5. The first-order chi connectivity index (χ1) is 16.4. The molecule has 7 nitrogen and oxygen atoms in total. The molecule has 0 atom stereocenters. The Balaban J connectivity index is 2.09. The van der Waals surface area contributed by atoms with Gasteiger partial charge in [-0.2, -0.15) is 13.2 Å². The molecule has 1 heterocycles. The lowest BCUT2D eigenvalue weighted by atomic mass is 9.75. The molecule has 35 heavy (non-hydrogen) atoms. The Kier molecular flexibility index (Phi) is 7.25. The molecule has 1 N–H and O–H groups in total. The van der Waals surface area contributed by atoms with Gasteiger partial charge in [0.2, 0.25) is 0 Å². The first kappa shape index (κ1) is 26.2. The van der Waals surface area contributed by atoms with E-state index in [1.54, 1.807) is 0 Å². The summed E-state index contributed by atoms with van der Waals surface area (Å²) in [5.41, 5.74) is -2.78. The van der Waals surface area contributed by atoms with Crippen LogP contribution in [-0.4, -0.2) is 60.6 Å². The Morgan fingerprint density at radius 2 is 1.97 bits per heavy atom. The van der Waals surface area contributed by atoms with Crippen molar-refractivity contribution in [3.8, 4) is 0 Å². The molecular formula is C23H23F4N5O2S. The molecule has 0 radical (unpaired) electrons. The molecule has 1 saturated carbocycles. The van der Waals surface area contributed by atoms with Crippen LogP contribution in [0.3, 0.4) is 0 Å². The number of alkyl halides is 3. The van der Waals surface area contributed by atoms with Gasteiger partial charge in [-0.3, -0.25) is 24.5 Å². The van der Waals surface area contributed by atoms with E-state index in [2.05, 4.69) is 28.7 Å². The lowest BCUT2D eigenvalue weighted by Gasteiger charge is -2.43. The topological polar surface area (TPSA) is 77.4 Å². The summed E-state index contributed by atoms with van der Waals surface area (Å²) in [6.07, 6.45) is -2.58. The van der Waals surface area contributed by atoms with Crippen LogP contribution in [0.1, 0.15) is 36.5 Å². The van der Waals surface area contributed by atoms with Gasteiger partial charge in [-0.05, 0) is 76.1 Å². The largest absolute Gasteiger partial charge is 0.418 e. The summed E-state index contributed by atoms with van der Waals surface area (Å²) in [7, 11) is 1.36. The Labute approximate surface area is 204 Å². The van der Waals surface area contributed by atoms with E-state index in [4.69, 9.17) is 12.2 Å². The second-order valence-electron chi connectivity index (χ2n) is 8.07. The van der Waals surface area contributed by atoms with Gasteiger partial charge in [0.15, 0.2) is 5.11 Å². The maximum Gasteiger partial charge on any atom is 0.418 e. The monoisotopic (exact) mass is 509 g/mol. The van der Waals surface area contributed by atoms with Crippen LogP contribution in [0, 0.1) is 5.82 Å². The number of halogens is 4. The number of carbonyl (C=O) groups excluding carboxylic acids is 2. The van der Waals surface area contributed by atoms with E-state index in [0.717, 1.165) is 17.0 Å². The molecule has 0 bridgehead atoms. The Bertz CT molecular complexity index is 1170. The molecule has 0 aromatic heterocycles. The molecule has 1 aliphatic heterocycles. The molecule has 2 aliphatic rings. The molecule has 1 spiro atoms. The van der Waals surface area contributed by atoms with Gasteiger partial charge in [-0.1, -0.05) is 0 Å². The van der Waals surface area contributed by atoms with Gasteiger partial charge >= 0.3 is 6.18 Å². The minimum Gasteiger partial charge on any atom is -0.355 e. The summed E-state index contributed by atoms with van der Waals surface area (Å²) in [6, 6.07) is 3.80. The predicted octanol–water partition coefficient (Wildman–Crippen LogP) is 4.16. The number of carbonyl (C=O) groups is 2. The third kappa shape index (κ3) is 4.49. The molecule has 12 heteroatoms. The summed E-state index contributed by atoms with van der Waals surface area (Å²) in [4.78, 5) is 34.7. The molecule has 2 fully saturated rings. The summed E-state index contributed by atoms with van der Waals surface area (Å²) < 4.78 is 56.1. The quantitative estimate of drug-likeness (QED) is 0.259. The van der Waals surface area contributed by atoms with Crippen LogP contribution >= 0.6 is 12.2 Å². The summed E-state index contributed by atoms with van der Waals surface area (Å²) in [5.74, 6) is -1.95. The van der Waals surface area contributed by atoms with Gasteiger partial charge in [0, 0.05) is 18.4 Å². The first-order valence-electron chi connectivity index (χ1n) is 10.5. The van der Waals surface area contributed by atoms with Crippen LogP contribution < -0.4 is 10.2 Å². The Hall–Kier alpha value is -3.41. The number of allylic oxidation sites excluding steroid dienone is 3. The highest BCUT2D eigenvalue weighted by molar-refractivity contribution is 7.80. The number of nitrogens with one attached hydrogen (secondary N) is 1. The fourth-order valence-electron chi connectivity index (χ4n) is 4.18. The van der Waals surface area contributed by atoms with E-state index in [9.17, 15) is 27.2 Å². The standard InChI is InChI=1S/C23H23F4N5O2S/c1-13(10-16(23(25,26)27)18(29-3)12-28-2)31-20(34)22(8-5-9-22)32(21(31)35)14-6-7-15(17(24)11-14)19(33)30-4/h6-7,10-11H,2-3,5,8-9,12H2,1,4H3,(H,30,33)/b13-10+,18-16+. The molecule has 1 aromatic rings. The zero-order chi connectivity index (χ0) is 26.1. The number of thiocarbonyl (C=S) groups is 1. The Morgan fingerprint density at radius 3 is 2.43 bits per heavy atom. The van der Waals surface area contributed by atoms with E-state index in [-0.39, 0.29) is 22.1 Å². The van der Waals surface area contributed by atoms with Crippen molar-refractivity contribution < 1.29 is 27.2 Å². The molecule has 3 rings (SSSR count). The van der Waals surface area contributed by atoms with Crippen LogP contribution in [-0.2, 0) is 4.79 Å². The number of amides is 2. The van der Waals surface area contributed by atoms with Gasteiger partial charge in [-0.25, -0.2) is 4.39 Å². The van der Waals surface area contributed by atoms with Gasteiger partial charge < -0.3 is 10.2 Å². The average molecular weight is 510 g/mol. The van der Waals surface area contributed by atoms with Crippen molar-refractivity contribution in [2.75, 3.05) is 18.5 Å². The number of rotatable bonds is 7. The lowest BCUT2D eigenvalue weighted by Crippen LogP contribution is -2.55. The van der Waals surface area contributed by atoms with Crippen molar-refractivity contribution in [3.63, 3.8) is 0 Å². The minimum absolute atomic E-state index is 0.0891. The van der Waals surface area contributed by atoms with Crippen molar-refractivity contribution in [1.82, 2.24) is 10.2 Å². The predicted molar refractivity (Wildman–Crippen MR) is 129 cm³/mol. The molecular weight excluding hydrogens is 486 g/mol. The summed E-state index contributed by atoms with van der Waals surface area (Å²) in [5, 5.41) is 2.24. The SMILES string of the molecule is C=NC/C(N=C)=C(/C=C(\C)N1C(=O)C2(CCC2)N(c2ccc(C(=O)NC)c(F)c2)C1=S)C(F)(F)F. The van der Waals surface area contributed by atoms with Crippen LogP contribution in [0.25, 0.3) is 0 Å². The molecule has 1 aromatic carbocycles. The zero-order valence-corrected chi connectivity index (χ0v) is 19.9. The van der Waals surface area contributed by atoms with Crippen LogP contribution in [0.4, 0.5) is 23.2 Å². The fraction of sp³-hybridized carbons (Fsp3) is 0.348. The highest BCUT2D eigenvalue weighted by Gasteiger charge is 2.59. The van der Waals surface area contributed by atoms with Gasteiger partial charge in [-0.15, -0.1) is 0 Å². The molecule has 2 amide bonds. The van der Waals surface area contributed by atoms with E-state index in [0.29, 0.717) is 19.3 Å². The second kappa shape index (κ2) is 9.68. The van der Waals surface area contributed by atoms with E-state index >= 15 is 0 Å². The molecule has 0 unspecified atom stereocenters. The van der Waals surface area contributed by atoms with Crippen molar-refractivity contribution >= 4 is 48.3 Å². The van der Waals surface area contributed by atoms with Crippen LogP contribution in [0.2, 0.25) is 0 Å². The maximum absolute atomic E-state index is 14.7. The van der Waals surface area contributed by atoms with Crippen molar-refractivity contribution in [2.24, 2.45) is 9.98 Å². The number of anilines is 1. The zero-order valence-electron chi connectivity index (χ0n) is 19.1. The highest BCUT2D eigenvalue weighted by atomic mass is 32.1. The van der Waals surface area contributed by atoms with Crippen LogP contribution in [0.15, 0.2) is 51.2 Å².